The fourth-order valence-corrected chi connectivity index (χ4v) is 1.66. The highest BCUT2D eigenvalue weighted by atomic mass is 16.5. The Balaban J connectivity index is 2.29. The molecule has 0 aliphatic carbocycles. The van der Waals surface area contributed by atoms with Crippen LogP contribution in [0.3, 0.4) is 0 Å². The van der Waals surface area contributed by atoms with Gasteiger partial charge in [-0.3, -0.25) is 0 Å². The first-order chi connectivity index (χ1) is 8.63. The van der Waals surface area contributed by atoms with Crippen molar-refractivity contribution in [2.75, 3.05) is 13.2 Å². The molecule has 0 radical (unpaired) electrons. The second-order valence-corrected chi connectivity index (χ2v) is 4.26. The van der Waals surface area contributed by atoms with E-state index in [4.69, 9.17) is 19.5 Å². The lowest BCUT2D eigenvalue weighted by atomic mass is 9.80. The summed E-state index contributed by atoms with van der Waals surface area (Å²) in [6.45, 7) is 5.17. The van der Waals surface area contributed by atoms with E-state index in [0.29, 0.717) is 24.4 Å². The Morgan fingerprint density at radius 1 is 1.28 bits per heavy atom. The first kappa shape index (κ1) is 15.0. The van der Waals surface area contributed by atoms with Crippen LogP contribution in [0, 0.1) is 0 Å². The average molecular weight is 252 g/mol. The third kappa shape index (κ3) is 5.53. The Labute approximate surface area is 109 Å². The highest BCUT2D eigenvalue weighted by Crippen LogP contribution is 2.07. The lowest BCUT2D eigenvalue weighted by molar-refractivity contribution is 0.0395. The Hall–Kier alpha value is -1.04. The molecule has 0 saturated carbocycles. The zero-order valence-electron chi connectivity index (χ0n) is 11.0. The molecule has 1 unspecified atom stereocenters. The van der Waals surface area contributed by atoms with E-state index in [2.05, 4.69) is 6.92 Å². The molecular weight excluding hydrogens is 231 g/mol. The molecule has 0 saturated heterocycles. The summed E-state index contributed by atoms with van der Waals surface area (Å²) in [6, 6.07) is 6.75. The van der Waals surface area contributed by atoms with Crippen LogP contribution in [-0.2, 0) is 4.74 Å². The van der Waals surface area contributed by atoms with Crippen LogP contribution < -0.4 is 10.2 Å². The highest BCUT2D eigenvalue weighted by Gasteiger charge is 2.10. The lowest BCUT2D eigenvalue weighted by Gasteiger charge is -2.12. The average Bonchev–Trinajstić information content (AvgIpc) is 2.35. The van der Waals surface area contributed by atoms with Gasteiger partial charge in [-0.1, -0.05) is 25.5 Å². The first-order valence-corrected chi connectivity index (χ1v) is 6.34. The van der Waals surface area contributed by atoms with E-state index in [9.17, 15) is 0 Å². The van der Waals surface area contributed by atoms with Gasteiger partial charge in [0.15, 0.2) is 0 Å². The van der Waals surface area contributed by atoms with Crippen LogP contribution in [-0.4, -0.2) is 36.5 Å². The summed E-state index contributed by atoms with van der Waals surface area (Å²) < 4.78 is 11.0. The molecule has 0 aromatic heterocycles. The quantitative estimate of drug-likeness (QED) is 0.534. The zero-order valence-corrected chi connectivity index (χ0v) is 11.0. The van der Waals surface area contributed by atoms with Crippen LogP contribution in [0.2, 0.25) is 0 Å². The van der Waals surface area contributed by atoms with Gasteiger partial charge in [-0.15, -0.1) is 0 Å². The van der Waals surface area contributed by atoms with Crippen molar-refractivity contribution < 1.29 is 19.5 Å². The zero-order chi connectivity index (χ0) is 13.4. The smallest absolute Gasteiger partial charge is 0.488 e. The summed E-state index contributed by atoms with van der Waals surface area (Å²) in [5, 5.41) is 18.1. The molecule has 1 rings (SSSR count). The van der Waals surface area contributed by atoms with Gasteiger partial charge in [0.2, 0.25) is 0 Å². The van der Waals surface area contributed by atoms with E-state index in [0.717, 1.165) is 12.8 Å². The topological polar surface area (TPSA) is 58.9 Å². The number of ether oxygens (including phenoxy) is 2. The fraction of sp³-hybridized carbons (Fsp3) is 0.538. The van der Waals surface area contributed by atoms with Crippen LogP contribution in [0.1, 0.15) is 26.7 Å². The van der Waals surface area contributed by atoms with Crippen molar-refractivity contribution in [3.8, 4) is 5.75 Å². The van der Waals surface area contributed by atoms with Gasteiger partial charge in [-0.2, -0.15) is 0 Å². The summed E-state index contributed by atoms with van der Waals surface area (Å²) >= 11 is 0. The van der Waals surface area contributed by atoms with Crippen LogP contribution in [0.15, 0.2) is 24.3 Å². The second-order valence-electron chi connectivity index (χ2n) is 4.26. The summed E-state index contributed by atoms with van der Waals surface area (Å²) in [4.78, 5) is 0. The summed E-state index contributed by atoms with van der Waals surface area (Å²) in [6.07, 6.45) is 2.41. The van der Waals surface area contributed by atoms with E-state index in [1.54, 1.807) is 24.3 Å². The molecule has 18 heavy (non-hydrogen) atoms. The molecule has 1 aromatic carbocycles. The van der Waals surface area contributed by atoms with Crippen molar-refractivity contribution in [2.45, 2.75) is 32.8 Å². The molecule has 5 heteroatoms. The van der Waals surface area contributed by atoms with Crippen LogP contribution in [0.4, 0.5) is 0 Å². The number of rotatable bonds is 8. The summed E-state index contributed by atoms with van der Waals surface area (Å²) in [7, 11) is -1.46. The summed E-state index contributed by atoms with van der Waals surface area (Å²) in [5.41, 5.74) is 0.424. The van der Waals surface area contributed by atoms with Gasteiger partial charge in [-0.05, 0) is 30.9 Å². The van der Waals surface area contributed by atoms with E-state index < -0.39 is 7.12 Å². The molecule has 2 N–H and O–H groups in total. The van der Waals surface area contributed by atoms with Gasteiger partial charge in [0, 0.05) is 0 Å². The standard InChI is InChI=1S/C13H21BO4/c1-3-5-11(2)17-8-9-18-13-7-4-6-12(10-13)14(15)16/h4,6-7,10-11,15-16H,3,5,8-9H2,1-2H3. The number of hydrogen-bond acceptors (Lipinski definition) is 4. The molecule has 0 aliphatic rings. The van der Waals surface area contributed by atoms with Gasteiger partial charge in [-0.25, -0.2) is 0 Å². The second kappa shape index (κ2) is 8.13. The third-order valence-corrected chi connectivity index (χ3v) is 2.61. The fourth-order valence-electron chi connectivity index (χ4n) is 1.66. The van der Waals surface area contributed by atoms with Crippen molar-refractivity contribution in [3.63, 3.8) is 0 Å². The minimum atomic E-state index is -1.46. The molecule has 0 heterocycles. The predicted octanol–water partition coefficient (Wildman–Crippen LogP) is 0.950. The van der Waals surface area contributed by atoms with E-state index in [1.165, 1.54) is 0 Å². The van der Waals surface area contributed by atoms with Crippen molar-refractivity contribution in [1.29, 1.82) is 0 Å². The molecule has 4 nitrogen and oxygen atoms in total. The van der Waals surface area contributed by atoms with Crippen LogP contribution in [0.25, 0.3) is 0 Å². The number of hydrogen-bond donors (Lipinski definition) is 2. The molecule has 0 bridgehead atoms. The Morgan fingerprint density at radius 2 is 2.06 bits per heavy atom. The molecular formula is C13H21BO4. The Morgan fingerprint density at radius 3 is 2.72 bits per heavy atom. The first-order valence-electron chi connectivity index (χ1n) is 6.34. The largest absolute Gasteiger partial charge is 0.491 e. The maximum atomic E-state index is 9.03. The minimum absolute atomic E-state index is 0.254. The lowest BCUT2D eigenvalue weighted by Crippen LogP contribution is -2.29. The van der Waals surface area contributed by atoms with E-state index in [1.807, 2.05) is 6.92 Å². The highest BCUT2D eigenvalue weighted by molar-refractivity contribution is 6.58. The van der Waals surface area contributed by atoms with Gasteiger partial charge < -0.3 is 19.5 Å². The number of benzene rings is 1. The molecule has 0 fully saturated rings. The van der Waals surface area contributed by atoms with Crippen molar-refractivity contribution >= 4 is 12.6 Å². The van der Waals surface area contributed by atoms with Gasteiger partial charge in [0.05, 0.1) is 12.7 Å². The third-order valence-electron chi connectivity index (χ3n) is 2.61. The predicted molar refractivity (Wildman–Crippen MR) is 72.1 cm³/mol. The molecule has 0 amide bonds. The molecule has 0 aliphatic heterocycles. The maximum absolute atomic E-state index is 9.03. The maximum Gasteiger partial charge on any atom is 0.488 e. The van der Waals surface area contributed by atoms with Crippen LogP contribution >= 0.6 is 0 Å². The van der Waals surface area contributed by atoms with Crippen molar-refractivity contribution in [3.05, 3.63) is 24.3 Å². The molecule has 1 aromatic rings. The van der Waals surface area contributed by atoms with Crippen LogP contribution in [0.5, 0.6) is 5.75 Å². The Kier molecular flexibility index (Phi) is 6.79. The van der Waals surface area contributed by atoms with Gasteiger partial charge in [0.1, 0.15) is 12.4 Å². The van der Waals surface area contributed by atoms with E-state index >= 15 is 0 Å². The SMILES string of the molecule is CCCC(C)OCCOc1cccc(B(O)O)c1. The summed E-state index contributed by atoms with van der Waals surface area (Å²) in [5.74, 6) is 0.618. The van der Waals surface area contributed by atoms with Crippen molar-refractivity contribution in [1.82, 2.24) is 0 Å². The molecule has 1 atom stereocenters. The minimum Gasteiger partial charge on any atom is -0.491 e. The molecule has 0 spiro atoms. The van der Waals surface area contributed by atoms with Crippen molar-refractivity contribution in [2.24, 2.45) is 0 Å². The van der Waals surface area contributed by atoms with Gasteiger partial charge >= 0.3 is 7.12 Å². The van der Waals surface area contributed by atoms with E-state index in [-0.39, 0.29) is 6.10 Å². The normalized spacial score (nSPS) is 12.2. The monoisotopic (exact) mass is 252 g/mol. The molecule has 100 valence electrons. The van der Waals surface area contributed by atoms with Gasteiger partial charge in [0.25, 0.3) is 0 Å². The Bertz CT molecular complexity index is 344.